The Morgan fingerprint density at radius 2 is 1.88 bits per heavy atom. The number of nitrogens with one attached hydrogen (secondary N) is 2. The molecule has 0 bridgehead atoms. The van der Waals surface area contributed by atoms with Gasteiger partial charge in [0.1, 0.15) is 0 Å². The molecule has 33 heavy (non-hydrogen) atoms. The van der Waals surface area contributed by atoms with E-state index in [1.54, 1.807) is 6.07 Å². The molecule has 0 spiro atoms. The van der Waals surface area contributed by atoms with Gasteiger partial charge < -0.3 is 15.7 Å². The van der Waals surface area contributed by atoms with Crippen LogP contribution in [0.2, 0.25) is 0 Å². The highest BCUT2D eigenvalue weighted by Crippen LogP contribution is 2.30. The Morgan fingerprint density at radius 1 is 1.06 bits per heavy atom. The molecule has 166 valence electrons. The van der Waals surface area contributed by atoms with E-state index in [-0.39, 0.29) is 5.91 Å². The van der Waals surface area contributed by atoms with Crippen LogP contribution >= 0.6 is 0 Å². The van der Waals surface area contributed by atoms with E-state index in [4.69, 9.17) is 5.73 Å². The number of nitrogens with zero attached hydrogens (tertiary/aromatic N) is 2. The van der Waals surface area contributed by atoms with Crippen LogP contribution in [0.15, 0.2) is 54.9 Å². The van der Waals surface area contributed by atoms with Crippen LogP contribution in [0.25, 0.3) is 27.4 Å². The largest absolute Gasteiger partial charge is 0.366 e. The fourth-order valence-corrected chi connectivity index (χ4v) is 4.80. The predicted molar refractivity (Wildman–Crippen MR) is 132 cm³/mol. The molecule has 4 aromatic rings. The Labute approximate surface area is 192 Å². The van der Waals surface area contributed by atoms with E-state index in [1.165, 1.54) is 16.7 Å². The number of rotatable bonds is 7. The van der Waals surface area contributed by atoms with Crippen molar-refractivity contribution >= 4 is 33.3 Å². The molecule has 2 aromatic carbocycles. The van der Waals surface area contributed by atoms with Gasteiger partial charge in [-0.15, -0.1) is 0 Å². The maximum absolute atomic E-state index is 11.5. The van der Waals surface area contributed by atoms with E-state index in [0.29, 0.717) is 11.1 Å². The van der Waals surface area contributed by atoms with Gasteiger partial charge in [0.2, 0.25) is 5.91 Å². The number of H-pyrrole nitrogens is 2. The van der Waals surface area contributed by atoms with Crippen molar-refractivity contribution in [2.75, 3.05) is 19.6 Å². The van der Waals surface area contributed by atoms with E-state index < -0.39 is 0 Å². The molecule has 5 rings (SSSR count). The van der Waals surface area contributed by atoms with Crippen LogP contribution < -0.4 is 5.73 Å². The molecule has 3 heterocycles. The van der Waals surface area contributed by atoms with Crippen molar-refractivity contribution in [2.24, 2.45) is 5.73 Å². The summed E-state index contributed by atoms with van der Waals surface area (Å²) in [6, 6.07) is 13.6. The smallest absolute Gasteiger partial charge is 0.248 e. The lowest BCUT2D eigenvalue weighted by molar-refractivity contribution is 0.100. The lowest BCUT2D eigenvalue weighted by atomic mass is 9.98. The summed E-state index contributed by atoms with van der Waals surface area (Å²) in [7, 11) is 0. The van der Waals surface area contributed by atoms with Gasteiger partial charge in [0, 0.05) is 58.4 Å². The molecular weight excluding hydrogens is 410 g/mol. The Bertz CT molecular complexity index is 1400. The van der Waals surface area contributed by atoms with Crippen molar-refractivity contribution < 1.29 is 4.79 Å². The average Bonchev–Trinajstić information content (AvgIpc) is 3.45. The summed E-state index contributed by atoms with van der Waals surface area (Å²) < 4.78 is 0. The second-order valence-electron chi connectivity index (χ2n) is 8.75. The van der Waals surface area contributed by atoms with Gasteiger partial charge in [-0.25, -0.2) is 0 Å². The molecule has 0 saturated heterocycles. The Hall–Kier alpha value is -3.82. The van der Waals surface area contributed by atoms with E-state index in [1.807, 2.05) is 36.5 Å². The first-order valence-corrected chi connectivity index (χ1v) is 11.4. The number of nitriles is 1. The minimum Gasteiger partial charge on any atom is -0.366 e. The first kappa shape index (κ1) is 21.0. The molecular formula is C27H27N5O. The molecule has 1 amide bonds. The molecule has 1 aliphatic rings. The van der Waals surface area contributed by atoms with Crippen LogP contribution in [-0.4, -0.2) is 40.4 Å². The van der Waals surface area contributed by atoms with Gasteiger partial charge in [-0.2, -0.15) is 5.26 Å². The zero-order valence-electron chi connectivity index (χ0n) is 18.5. The fraction of sp³-hybridized carbons (Fsp3) is 0.259. The quantitative estimate of drug-likeness (QED) is 0.364. The fourth-order valence-electron chi connectivity index (χ4n) is 4.80. The maximum Gasteiger partial charge on any atom is 0.248 e. The van der Waals surface area contributed by atoms with Crippen molar-refractivity contribution in [3.8, 4) is 6.07 Å². The van der Waals surface area contributed by atoms with E-state index in [2.05, 4.69) is 33.2 Å². The van der Waals surface area contributed by atoms with E-state index in [0.717, 1.165) is 67.1 Å². The van der Waals surface area contributed by atoms with Crippen molar-refractivity contribution in [1.29, 1.82) is 5.26 Å². The highest BCUT2D eigenvalue weighted by Gasteiger charge is 2.16. The number of fused-ring (bicyclic) bond motifs is 2. The van der Waals surface area contributed by atoms with Gasteiger partial charge in [0.25, 0.3) is 0 Å². The standard InChI is InChI=1S/C27H27N5O/c28-15-18-4-6-26-23(13-18)24(17-31-26)19-8-11-32(12-9-19)10-2-1-3-21-16-30-25-7-5-20(27(29)33)14-22(21)25/h4-8,13-14,16-17,30-31H,1-3,9-12H2,(H2,29,33). The number of unbranched alkanes of at least 4 members (excludes halogenated alkanes) is 1. The number of benzene rings is 2. The van der Waals surface area contributed by atoms with Crippen LogP contribution in [0.1, 0.15) is 46.3 Å². The van der Waals surface area contributed by atoms with Gasteiger partial charge >= 0.3 is 0 Å². The number of aryl methyl sites for hydroxylation is 1. The van der Waals surface area contributed by atoms with Crippen LogP contribution in [-0.2, 0) is 6.42 Å². The first-order valence-electron chi connectivity index (χ1n) is 11.4. The van der Waals surface area contributed by atoms with E-state index >= 15 is 0 Å². The monoisotopic (exact) mass is 437 g/mol. The number of carbonyl (C=O) groups excluding carboxylic acids is 1. The minimum absolute atomic E-state index is 0.389. The van der Waals surface area contributed by atoms with Crippen molar-refractivity contribution in [1.82, 2.24) is 14.9 Å². The van der Waals surface area contributed by atoms with Crippen LogP contribution in [0.5, 0.6) is 0 Å². The van der Waals surface area contributed by atoms with Crippen molar-refractivity contribution in [3.05, 3.63) is 77.1 Å². The van der Waals surface area contributed by atoms with Gasteiger partial charge in [-0.1, -0.05) is 6.08 Å². The lowest BCUT2D eigenvalue weighted by Gasteiger charge is -2.26. The maximum atomic E-state index is 11.5. The summed E-state index contributed by atoms with van der Waals surface area (Å²) in [4.78, 5) is 20.6. The zero-order chi connectivity index (χ0) is 22.8. The number of primary amides is 1. The van der Waals surface area contributed by atoms with Crippen LogP contribution in [0.3, 0.4) is 0 Å². The number of carbonyl (C=O) groups is 1. The molecule has 0 aliphatic carbocycles. The van der Waals surface area contributed by atoms with Gasteiger partial charge in [-0.3, -0.25) is 9.69 Å². The topological polar surface area (TPSA) is 102 Å². The summed E-state index contributed by atoms with van der Waals surface area (Å²) >= 11 is 0. The lowest BCUT2D eigenvalue weighted by Crippen LogP contribution is -2.29. The Balaban J connectivity index is 1.16. The van der Waals surface area contributed by atoms with Crippen molar-refractivity contribution in [2.45, 2.75) is 25.7 Å². The number of hydrogen-bond donors (Lipinski definition) is 3. The van der Waals surface area contributed by atoms with Gasteiger partial charge in [-0.05, 0) is 79.8 Å². The molecule has 2 aromatic heterocycles. The van der Waals surface area contributed by atoms with E-state index in [9.17, 15) is 10.1 Å². The first-order chi connectivity index (χ1) is 16.1. The number of hydrogen-bond acceptors (Lipinski definition) is 3. The Morgan fingerprint density at radius 3 is 2.67 bits per heavy atom. The average molecular weight is 438 g/mol. The summed E-state index contributed by atoms with van der Waals surface area (Å²) in [5, 5.41) is 11.4. The normalized spacial score (nSPS) is 14.5. The molecule has 0 fully saturated rings. The summed E-state index contributed by atoms with van der Waals surface area (Å²) in [6.45, 7) is 3.08. The molecule has 0 atom stereocenters. The molecule has 4 N–H and O–H groups in total. The summed E-state index contributed by atoms with van der Waals surface area (Å²) in [6.07, 6.45) is 10.7. The van der Waals surface area contributed by atoms with Crippen molar-refractivity contribution in [3.63, 3.8) is 0 Å². The third kappa shape index (κ3) is 4.28. The second-order valence-corrected chi connectivity index (χ2v) is 8.75. The highest BCUT2D eigenvalue weighted by molar-refractivity contribution is 5.98. The summed E-state index contributed by atoms with van der Waals surface area (Å²) in [5.41, 5.74) is 12.6. The Kier molecular flexibility index (Phi) is 5.72. The molecule has 0 unspecified atom stereocenters. The van der Waals surface area contributed by atoms with Crippen LogP contribution in [0, 0.1) is 11.3 Å². The number of aromatic nitrogens is 2. The highest BCUT2D eigenvalue weighted by atomic mass is 16.1. The zero-order valence-corrected chi connectivity index (χ0v) is 18.5. The number of nitrogens with two attached hydrogens (primary N) is 1. The van der Waals surface area contributed by atoms with Crippen LogP contribution in [0.4, 0.5) is 0 Å². The molecule has 1 aliphatic heterocycles. The molecule has 6 heteroatoms. The van der Waals surface area contributed by atoms with Gasteiger partial charge in [0.05, 0.1) is 11.6 Å². The molecule has 0 saturated carbocycles. The minimum atomic E-state index is -0.389. The molecule has 6 nitrogen and oxygen atoms in total. The predicted octanol–water partition coefficient (Wildman–Crippen LogP) is 4.73. The summed E-state index contributed by atoms with van der Waals surface area (Å²) in [5.74, 6) is -0.389. The third-order valence-electron chi connectivity index (χ3n) is 6.67. The van der Waals surface area contributed by atoms with Gasteiger partial charge in [0.15, 0.2) is 0 Å². The third-order valence-corrected chi connectivity index (χ3v) is 6.67. The number of amides is 1. The SMILES string of the molecule is N#Cc1ccc2[nH]cc(C3=CCN(CCCCc4c[nH]c5ccc(C(N)=O)cc45)CC3)c2c1. The molecule has 0 radical (unpaired) electrons. The second kappa shape index (κ2) is 8.97. The number of aromatic amines is 2.